The highest BCUT2D eigenvalue weighted by Gasteiger charge is 2.26. The van der Waals surface area contributed by atoms with E-state index in [0.717, 1.165) is 48.3 Å². The van der Waals surface area contributed by atoms with E-state index >= 15 is 0 Å². The zero-order chi connectivity index (χ0) is 19.9. The maximum absolute atomic E-state index is 5.52. The van der Waals surface area contributed by atoms with E-state index in [4.69, 9.17) is 14.2 Å². The Morgan fingerprint density at radius 1 is 1.07 bits per heavy atom. The molecule has 6 heteroatoms. The lowest BCUT2D eigenvalue weighted by atomic mass is 9.98. The normalized spacial score (nSPS) is 16.8. The zero-order valence-corrected chi connectivity index (χ0v) is 17.1. The Morgan fingerprint density at radius 3 is 2.50 bits per heavy atom. The van der Waals surface area contributed by atoms with Gasteiger partial charge in [0.15, 0.2) is 17.5 Å². The molecule has 1 heterocycles. The number of hydrogen-bond acceptors (Lipinski definition) is 4. The second kappa shape index (κ2) is 9.35. The van der Waals surface area contributed by atoms with Gasteiger partial charge in [-0.1, -0.05) is 24.3 Å². The summed E-state index contributed by atoms with van der Waals surface area (Å²) in [7, 11) is 6.83. The van der Waals surface area contributed by atoms with Gasteiger partial charge < -0.3 is 24.4 Å². The summed E-state index contributed by atoms with van der Waals surface area (Å²) in [4.78, 5) is 6.79. The molecule has 2 aromatic carbocycles. The van der Waals surface area contributed by atoms with Crippen LogP contribution in [0.25, 0.3) is 0 Å². The van der Waals surface area contributed by atoms with Crippen molar-refractivity contribution >= 4 is 5.96 Å². The number of para-hydroxylation sites is 1. The highest BCUT2D eigenvalue weighted by Crippen LogP contribution is 2.31. The molecule has 1 atom stereocenters. The molecule has 6 nitrogen and oxygen atoms in total. The molecule has 28 heavy (non-hydrogen) atoms. The smallest absolute Gasteiger partial charge is 0.193 e. The number of nitrogens with zero attached hydrogens (tertiary/aromatic N) is 2. The molecule has 0 saturated carbocycles. The molecule has 150 valence electrons. The summed E-state index contributed by atoms with van der Waals surface area (Å²) in [6, 6.07) is 14.3. The van der Waals surface area contributed by atoms with Gasteiger partial charge in [-0.15, -0.1) is 0 Å². The van der Waals surface area contributed by atoms with Crippen molar-refractivity contribution in [2.75, 3.05) is 41.5 Å². The number of hydrogen-bond donors (Lipinski definition) is 1. The van der Waals surface area contributed by atoms with Gasteiger partial charge in [0.25, 0.3) is 0 Å². The van der Waals surface area contributed by atoms with E-state index in [1.54, 1.807) is 21.3 Å². The fraction of sp³-hybridized carbons (Fsp3) is 0.409. The van der Waals surface area contributed by atoms with E-state index in [0.29, 0.717) is 12.5 Å². The lowest BCUT2D eigenvalue weighted by Crippen LogP contribution is -2.39. The third kappa shape index (κ3) is 4.32. The Hall–Kier alpha value is -2.89. The van der Waals surface area contributed by atoms with E-state index in [9.17, 15) is 0 Å². The summed E-state index contributed by atoms with van der Waals surface area (Å²) in [5.41, 5.74) is 2.38. The van der Waals surface area contributed by atoms with Crippen LogP contribution in [0.2, 0.25) is 0 Å². The van der Waals surface area contributed by atoms with E-state index in [1.807, 2.05) is 37.4 Å². The topological polar surface area (TPSA) is 55.3 Å². The van der Waals surface area contributed by atoms with Crippen LogP contribution in [0.5, 0.6) is 17.2 Å². The van der Waals surface area contributed by atoms with Gasteiger partial charge in [-0.3, -0.25) is 4.99 Å². The van der Waals surface area contributed by atoms with Gasteiger partial charge in [0.05, 0.1) is 21.3 Å². The average Bonchev–Trinajstić information content (AvgIpc) is 3.24. The first-order valence-corrected chi connectivity index (χ1v) is 9.49. The quantitative estimate of drug-likeness (QED) is 0.613. The molecule has 1 unspecified atom stereocenters. The van der Waals surface area contributed by atoms with Gasteiger partial charge in [-0.05, 0) is 30.2 Å². The van der Waals surface area contributed by atoms with Crippen LogP contribution in [-0.4, -0.2) is 52.3 Å². The first kappa shape index (κ1) is 19.9. The minimum Gasteiger partial charge on any atom is -0.497 e. The fourth-order valence-electron chi connectivity index (χ4n) is 3.70. The van der Waals surface area contributed by atoms with Crippen molar-refractivity contribution in [1.29, 1.82) is 0 Å². The molecular weight excluding hydrogens is 354 g/mol. The summed E-state index contributed by atoms with van der Waals surface area (Å²) >= 11 is 0. The Kier molecular flexibility index (Phi) is 6.63. The Labute approximate surface area is 167 Å². The van der Waals surface area contributed by atoms with Crippen molar-refractivity contribution in [2.45, 2.75) is 18.9 Å². The zero-order valence-electron chi connectivity index (χ0n) is 17.1. The van der Waals surface area contributed by atoms with Gasteiger partial charge >= 0.3 is 0 Å². The first-order chi connectivity index (χ1) is 13.7. The predicted octanol–water partition coefficient (Wildman–Crippen LogP) is 3.28. The largest absolute Gasteiger partial charge is 0.497 e. The molecular formula is C22H29N3O3. The molecule has 1 N–H and O–H groups in total. The molecule has 0 aliphatic carbocycles. The number of methoxy groups -OCH3 is 3. The molecule has 2 aromatic rings. The van der Waals surface area contributed by atoms with Crippen LogP contribution in [-0.2, 0) is 6.54 Å². The second-order valence-corrected chi connectivity index (χ2v) is 6.76. The van der Waals surface area contributed by atoms with Crippen molar-refractivity contribution in [1.82, 2.24) is 10.2 Å². The number of nitrogens with one attached hydrogen (secondary N) is 1. The van der Waals surface area contributed by atoms with Crippen LogP contribution in [0, 0.1) is 0 Å². The van der Waals surface area contributed by atoms with E-state index in [2.05, 4.69) is 27.3 Å². The molecule has 1 aliphatic rings. The van der Waals surface area contributed by atoms with Crippen LogP contribution in [0.4, 0.5) is 0 Å². The lowest BCUT2D eigenvalue weighted by Gasteiger charge is -2.22. The summed E-state index contributed by atoms with van der Waals surface area (Å²) in [6.07, 6.45) is 1.11. The number of aliphatic imine (C=N–C) groups is 1. The third-order valence-corrected chi connectivity index (χ3v) is 5.21. The molecule has 0 aromatic heterocycles. The number of guanidine groups is 1. The van der Waals surface area contributed by atoms with Gasteiger partial charge in [-0.25, -0.2) is 0 Å². The summed E-state index contributed by atoms with van der Waals surface area (Å²) < 4.78 is 16.2. The minimum absolute atomic E-state index is 0.496. The van der Waals surface area contributed by atoms with Crippen LogP contribution in [0.1, 0.15) is 23.5 Å². The van der Waals surface area contributed by atoms with Gasteiger partial charge in [-0.2, -0.15) is 0 Å². The van der Waals surface area contributed by atoms with Crippen LogP contribution in [0.15, 0.2) is 47.5 Å². The van der Waals surface area contributed by atoms with Gasteiger partial charge in [0.2, 0.25) is 0 Å². The number of benzene rings is 2. The standard InChI is InChI=1S/C22H29N3O3/c1-23-22(24-14-17-6-5-7-20(27-3)21(17)28-4)25-13-12-18(15-25)16-8-10-19(26-2)11-9-16/h5-11,18H,12-15H2,1-4H3,(H,23,24). The number of ether oxygens (including phenoxy) is 3. The molecule has 0 amide bonds. The SMILES string of the molecule is CN=C(NCc1cccc(OC)c1OC)N1CCC(c2ccc(OC)cc2)C1. The molecule has 0 spiro atoms. The van der Waals surface area contributed by atoms with Crippen molar-refractivity contribution in [2.24, 2.45) is 4.99 Å². The average molecular weight is 383 g/mol. The van der Waals surface area contributed by atoms with Crippen molar-refractivity contribution in [3.05, 3.63) is 53.6 Å². The number of likely N-dealkylation sites (tertiary alicyclic amines) is 1. The van der Waals surface area contributed by atoms with E-state index in [-0.39, 0.29) is 0 Å². The minimum atomic E-state index is 0.496. The van der Waals surface area contributed by atoms with Crippen molar-refractivity contribution in [3.63, 3.8) is 0 Å². The van der Waals surface area contributed by atoms with Crippen LogP contribution < -0.4 is 19.5 Å². The lowest BCUT2D eigenvalue weighted by molar-refractivity contribution is 0.351. The van der Waals surface area contributed by atoms with Gasteiger partial charge in [0, 0.05) is 38.2 Å². The highest BCUT2D eigenvalue weighted by atomic mass is 16.5. The van der Waals surface area contributed by atoms with Crippen LogP contribution >= 0.6 is 0 Å². The summed E-state index contributed by atoms with van der Waals surface area (Å²) in [5, 5.41) is 3.46. The fourth-order valence-corrected chi connectivity index (χ4v) is 3.70. The molecule has 1 aliphatic heterocycles. The van der Waals surface area contributed by atoms with Gasteiger partial charge in [0.1, 0.15) is 5.75 Å². The summed E-state index contributed by atoms with van der Waals surface area (Å²) in [5.74, 6) is 3.78. The monoisotopic (exact) mass is 383 g/mol. The predicted molar refractivity (Wildman–Crippen MR) is 112 cm³/mol. The number of rotatable bonds is 6. The third-order valence-electron chi connectivity index (χ3n) is 5.21. The Bertz CT molecular complexity index is 805. The summed E-state index contributed by atoms with van der Waals surface area (Å²) in [6.45, 7) is 2.55. The van der Waals surface area contributed by atoms with Crippen molar-refractivity contribution < 1.29 is 14.2 Å². The Morgan fingerprint density at radius 2 is 1.86 bits per heavy atom. The highest BCUT2D eigenvalue weighted by molar-refractivity contribution is 5.80. The first-order valence-electron chi connectivity index (χ1n) is 9.49. The Balaban J connectivity index is 1.63. The molecule has 3 rings (SSSR count). The molecule has 1 saturated heterocycles. The molecule has 0 bridgehead atoms. The van der Waals surface area contributed by atoms with Crippen LogP contribution in [0.3, 0.4) is 0 Å². The van der Waals surface area contributed by atoms with E-state index < -0.39 is 0 Å². The molecule has 0 radical (unpaired) electrons. The van der Waals surface area contributed by atoms with Crippen molar-refractivity contribution in [3.8, 4) is 17.2 Å². The maximum Gasteiger partial charge on any atom is 0.193 e. The second-order valence-electron chi connectivity index (χ2n) is 6.76. The maximum atomic E-state index is 5.52. The molecule has 1 fully saturated rings. The van der Waals surface area contributed by atoms with E-state index in [1.165, 1.54) is 5.56 Å².